The zero-order chi connectivity index (χ0) is 12.3. The zero-order valence-electron chi connectivity index (χ0n) is 9.55. The Hall–Kier alpha value is 0.300. The summed E-state index contributed by atoms with van der Waals surface area (Å²) in [5.41, 5.74) is 0. The van der Waals surface area contributed by atoms with E-state index < -0.39 is 9.70 Å². The average molecular weight is 288 g/mol. The number of hydrogen-bond donors (Lipinski definition) is 0. The zero-order valence-corrected chi connectivity index (χ0v) is 11.8. The van der Waals surface area contributed by atoms with Gasteiger partial charge in [-0.3, -0.25) is 9.69 Å². The first-order chi connectivity index (χ1) is 7.30. The van der Waals surface area contributed by atoms with Crippen LogP contribution in [0.4, 0.5) is 0 Å². The summed E-state index contributed by atoms with van der Waals surface area (Å²) in [6.45, 7) is 8.39. The van der Waals surface area contributed by atoms with E-state index in [-0.39, 0.29) is 0 Å². The highest BCUT2D eigenvalue weighted by Crippen LogP contribution is 2.28. The maximum absolute atomic E-state index is 11.7. The third-order valence-electron chi connectivity index (χ3n) is 2.53. The largest absolute Gasteiger partial charge is 0.336 e. The topological polar surface area (TPSA) is 23.6 Å². The van der Waals surface area contributed by atoms with E-state index in [1.807, 2.05) is 0 Å². The van der Waals surface area contributed by atoms with Crippen molar-refractivity contribution in [3.05, 3.63) is 0 Å². The second-order valence-electron chi connectivity index (χ2n) is 4.48. The Morgan fingerprint density at radius 3 is 2.06 bits per heavy atom. The van der Waals surface area contributed by atoms with E-state index in [0.717, 1.165) is 19.6 Å². The second kappa shape index (κ2) is 5.76. The minimum atomic E-state index is -1.82. The van der Waals surface area contributed by atoms with Gasteiger partial charge in [-0.1, -0.05) is 48.7 Å². The third-order valence-corrected chi connectivity index (χ3v) is 3.01. The number of piperazine rings is 1. The molecule has 1 aliphatic heterocycles. The summed E-state index contributed by atoms with van der Waals surface area (Å²) >= 11 is 16.7. The van der Waals surface area contributed by atoms with Crippen molar-refractivity contribution in [2.45, 2.75) is 17.6 Å². The summed E-state index contributed by atoms with van der Waals surface area (Å²) in [6.07, 6.45) is 0. The predicted molar refractivity (Wildman–Crippen MR) is 68.1 cm³/mol. The number of carbonyl (C=O) groups excluding carboxylic acids is 1. The van der Waals surface area contributed by atoms with Gasteiger partial charge in [0.15, 0.2) is 0 Å². The van der Waals surface area contributed by atoms with Gasteiger partial charge >= 0.3 is 0 Å². The Bertz CT molecular complexity index is 245. The third kappa shape index (κ3) is 4.28. The number of nitrogens with zero attached hydrogens (tertiary/aromatic N) is 2. The van der Waals surface area contributed by atoms with Gasteiger partial charge in [0.2, 0.25) is 0 Å². The Morgan fingerprint density at radius 1 is 1.19 bits per heavy atom. The lowest BCUT2D eigenvalue weighted by Crippen LogP contribution is -2.52. The van der Waals surface area contributed by atoms with Crippen molar-refractivity contribution in [2.75, 3.05) is 32.7 Å². The van der Waals surface area contributed by atoms with Crippen LogP contribution in [0.25, 0.3) is 0 Å². The maximum Gasteiger partial charge on any atom is 0.274 e. The Balaban J connectivity index is 2.40. The van der Waals surface area contributed by atoms with E-state index in [1.54, 1.807) is 4.90 Å². The Kier molecular flexibility index (Phi) is 5.17. The van der Waals surface area contributed by atoms with Crippen LogP contribution in [-0.4, -0.2) is 52.2 Å². The molecule has 0 spiro atoms. The monoisotopic (exact) mass is 286 g/mol. The van der Waals surface area contributed by atoms with Gasteiger partial charge in [0.1, 0.15) is 0 Å². The highest BCUT2D eigenvalue weighted by atomic mass is 35.6. The molecule has 3 nitrogen and oxygen atoms in total. The molecule has 0 radical (unpaired) electrons. The summed E-state index contributed by atoms with van der Waals surface area (Å²) < 4.78 is -1.82. The van der Waals surface area contributed by atoms with Gasteiger partial charge in [-0.2, -0.15) is 0 Å². The molecule has 0 aromatic carbocycles. The van der Waals surface area contributed by atoms with Gasteiger partial charge in [0.25, 0.3) is 9.70 Å². The molecule has 0 N–H and O–H groups in total. The first kappa shape index (κ1) is 14.4. The second-order valence-corrected chi connectivity index (χ2v) is 6.77. The molecule has 0 aliphatic carbocycles. The van der Waals surface area contributed by atoms with Gasteiger partial charge in [0.05, 0.1) is 0 Å². The van der Waals surface area contributed by atoms with E-state index in [1.165, 1.54) is 0 Å². The van der Waals surface area contributed by atoms with Crippen LogP contribution >= 0.6 is 34.8 Å². The minimum absolute atomic E-state index is 0.415. The molecule has 1 fully saturated rings. The van der Waals surface area contributed by atoms with Gasteiger partial charge in [-0.25, -0.2) is 0 Å². The molecule has 1 rings (SSSR count). The molecule has 1 amide bonds. The number of halogens is 3. The standard InChI is InChI=1S/C10H17Cl3N2O/c1-8(2)7-14-3-5-15(6-4-14)9(16)10(11,12)13/h8H,3-7H2,1-2H3. The fourth-order valence-corrected chi connectivity index (χ4v) is 2.19. The first-order valence-corrected chi connectivity index (χ1v) is 6.52. The molecule has 0 aromatic heterocycles. The van der Waals surface area contributed by atoms with Gasteiger partial charge in [-0.05, 0) is 5.92 Å². The quantitative estimate of drug-likeness (QED) is 0.727. The molecule has 0 aromatic rings. The van der Waals surface area contributed by atoms with E-state index >= 15 is 0 Å². The molecule has 0 atom stereocenters. The van der Waals surface area contributed by atoms with Crippen molar-refractivity contribution in [3.8, 4) is 0 Å². The number of hydrogen-bond acceptors (Lipinski definition) is 2. The summed E-state index contributed by atoms with van der Waals surface area (Å²) in [5.74, 6) is 0.220. The highest BCUT2D eigenvalue weighted by Gasteiger charge is 2.36. The fourth-order valence-electron chi connectivity index (χ4n) is 1.83. The molecular weight excluding hydrogens is 270 g/mol. The van der Waals surface area contributed by atoms with Crippen LogP contribution in [0.3, 0.4) is 0 Å². The molecule has 1 heterocycles. The molecule has 0 saturated carbocycles. The van der Waals surface area contributed by atoms with Gasteiger partial charge in [0, 0.05) is 32.7 Å². The summed E-state index contributed by atoms with van der Waals surface area (Å²) in [7, 11) is 0. The lowest BCUT2D eigenvalue weighted by atomic mass is 10.2. The van der Waals surface area contributed by atoms with Crippen LogP contribution in [0, 0.1) is 5.92 Å². The number of carbonyl (C=O) groups is 1. The fraction of sp³-hybridized carbons (Fsp3) is 0.900. The van der Waals surface area contributed by atoms with Crippen molar-refractivity contribution in [1.82, 2.24) is 9.80 Å². The summed E-state index contributed by atoms with van der Waals surface area (Å²) in [5, 5.41) is 0. The van der Waals surface area contributed by atoms with Gasteiger partial charge in [-0.15, -0.1) is 0 Å². The molecule has 6 heteroatoms. The van der Waals surface area contributed by atoms with Crippen molar-refractivity contribution >= 4 is 40.7 Å². The van der Waals surface area contributed by atoms with Gasteiger partial charge < -0.3 is 4.90 Å². The Labute approximate surface area is 112 Å². The van der Waals surface area contributed by atoms with E-state index in [0.29, 0.717) is 19.0 Å². The predicted octanol–water partition coefficient (Wildman–Crippen LogP) is 2.16. The molecule has 94 valence electrons. The van der Waals surface area contributed by atoms with E-state index in [4.69, 9.17) is 34.8 Å². The SMILES string of the molecule is CC(C)CN1CCN(C(=O)C(Cl)(Cl)Cl)CC1. The van der Waals surface area contributed by atoms with Crippen molar-refractivity contribution in [3.63, 3.8) is 0 Å². The summed E-state index contributed by atoms with van der Waals surface area (Å²) in [6, 6.07) is 0. The maximum atomic E-state index is 11.7. The van der Waals surface area contributed by atoms with Crippen LogP contribution in [0.15, 0.2) is 0 Å². The number of alkyl halides is 3. The Morgan fingerprint density at radius 2 is 1.69 bits per heavy atom. The van der Waals surface area contributed by atoms with Crippen molar-refractivity contribution in [1.29, 1.82) is 0 Å². The summed E-state index contributed by atoms with van der Waals surface area (Å²) in [4.78, 5) is 15.6. The lowest BCUT2D eigenvalue weighted by Gasteiger charge is -2.36. The minimum Gasteiger partial charge on any atom is -0.336 e. The normalized spacial score (nSPS) is 19.2. The molecule has 1 saturated heterocycles. The van der Waals surface area contributed by atoms with Crippen molar-refractivity contribution < 1.29 is 4.79 Å². The molecule has 0 unspecified atom stereocenters. The number of amides is 1. The average Bonchev–Trinajstić information content (AvgIpc) is 2.15. The van der Waals surface area contributed by atoms with Crippen LogP contribution in [-0.2, 0) is 4.79 Å². The van der Waals surface area contributed by atoms with Crippen LogP contribution in [0.1, 0.15) is 13.8 Å². The van der Waals surface area contributed by atoms with E-state index in [9.17, 15) is 4.79 Å². The first-order valence-electron chi connectivity index (χ1n) is 5.39. The number of rotatable bonds is 2. The van der Waals surface area contributed by atoms with E-state index in [2.05, 4.69) is 18.7 Å². The van der Waals surface area contributed by atoms with Crippen molar-refractivity contribution in [2.24, 2.45) is 5.92 Å². The molecular formula is C10H17Cl3N2O. The van der Waals surface area contributed by atoms with Crippen LogP contribution in [0.2, 0.25) is 0 Å². The van der Waals surface area contributed by atoms with Crippen LogP contribution in [0.5, 0.6) is 0 Å². The molecule has 1 aliphatic rings. The highest BCUT2D eigenvalue weighted by molar-refractivity contribution is 6.76. The molecule has 0 bridgehead atoms. The lowest BCUT2D eigenvalue weighted by molar-refractivity contribution is -0.132. The van der Waals surface area contributed by atoms with Crippen LogP contribution < -0.4 is 0 Å². The molecule has 16 heavy (non-hydrogen) atoms. The smallest absolute Gasteiger partial charge is 0.274 e.